The van der Waals surface area contributed by atoms with Gasteiger partial charge in [-0.15, -0.1) is 0 Å². The molecule has 1 aromatic carbocycles. The fourth-order valence-corrected chi connectivity index (χ4v) is 2.66. The number of nitrogens with zero attached hydrogens (tertiary/aromatic N) is 1. The van der Waals surface area contributed by atoms with E-state index in [1.54, 1.807) is 0 Å². The first-order valence-corrected chi connectivity index (χ1v) is 7.63. The number of carbonyl (C=O) groups excluding carboxylic acids is 1. The molecule has 2 aromatic rings. The van der Waals surface area contributed by atoms with Gasteiger partial charge >= 0.3 is 5.97 Å². The van der Waals surface area contributed by atoms with Crippen LogP contribution in [0.25, 0.3) is 11.0 Å². The molecule has 0 spiro atoms. The molecule has 8 heteroatoms. The van der Waals surface area contributed by atoms with Gasteiger partial charge in [-0.1, -0.05) is 12.1 Å². The van der Waals surface area contributed by atoms with Crippen LogP contribution < -0.4 is 4.72 Å². The average Bonchev–Trinajstić information content (AvgIpc) is 2.80. The van der Waals surface area contributed by atoms with Gasteiger partial charge in [0.25, 0.3) is 0 Å². The highest BCUT2D eigenvalue weighted by atomic mass is 32.2. The Morgan fingerprint density at radius 2 is 2.15 bits per heavy atom. The van der Waals surface area contributed by atoms with Gasteiger partial charge in [0.05, 0.1) is 18.1 Å². The zero-order chi connectivity index (χ0) is 14.6. The van der Waals surface area contributed by atoms with Gasteiger partial charge < -0.3 is 9.72 Å². The van der Waals surface area contributed by atoms with E-state index in [-0.39, 0.29) is 6.54 Å². The van der Waals surface area contributed by atoms with Crippen molar-refractivity contribution in [2.75, 3.05) is 19.4 Å². The molecule has 0 amide bonds. The van der Waals surface area contributed by atoms with E-state index in [1.165, 1.54) is 0 Å². The largest absolute Gasteiger partial charge is 0.468 e. The first-order chi connectivity index (χ1) is 9.50. The number of hydrogen-bond acceptors (Lipinski definition) is 5. The lowest BCUT2D eigenvalue weighted by Gasteiger charge is -2.04. The standard InChI is InChI=1S/C12H15N3O4S/c1-19-12(16)8-20(17,18)13-7-6-11-14-9-4-2-3-5-10(9)15-11/h2-5,13H,6-8H2,1H3,(H,14,15). The molecular formula is C12H15N3O4S. The number of esters is 1. The summed E-state index contributed by atoms with van der Waals surface area (Å²) in [6.07, 6.45) is 0.412. The van der Waals surface area contributed by atoms with E-state index < -0.39 is 21.7 Å². The first kappa shape index (κ1) is 14.5. The maximum atomic E-state index is 11.5. The highest BCUT2D eigenvalue weighted by Gasteiger charge is 2.16. The fraction of sp³-hybridized carbons (Fsp3) is 0.333. The van der Waals surface area contributed by atoms with Crippen LogP contribution in [0.4, 0.5) is 0 Å². The number of fused-ring (bicyclic) bond motifs is 1. The van der Waals surface area contributed by atoms with E-state index in [9.17, 15) is 13.2 Å². The molecule has 0 aliphatic rings. The Bertz CT molecular complexity index is 675. The van der Waals surface area contributed by atoms with Crippen LogP contribution in [0.5, 0.6) is 0 Å². The van der Waals surface area contributed by atoms with Crippen LogP contribution in [-0.2, 0) is 26.0 Å². The number of rotatable bonds is 6. The summed E-state index contributed by atoms with van der Waals surface area (Å²) in [5.74, 6) is -0.780. The Kier molecular flexibility index (Phi) is 4.35. The van der Waals surface area contributed by atoms with Crippen LogP contribution in [0.15, 0.2) is 24.3 Å². The number of H-pyrrole nitrogens is 1. The average molecular weight is 297 g/mol. The molecule has 7 nitrogen and oxygen atoms in total. The summed E-state index contributed by atoms with van der Waals surface area (Å²) in [5, 5.41) is 0. The first-order valence-electron chi connectivity index (χ1n) is 5.98. The van der Waals surface area contributed by atoms with Crippen LogP contribution in [0.1, 0.15) is 5.82 Å². The number of aromatic amines is 1. The van der Waals surface area contributed by atoms with Crippen molar-refractivity contribution in [3.05, 3.63) is 30.1 Å². The van der Waals surface area contributed by atoms with Gasteiger partial charge in [-0.2, -0.15) is 0 Å². The van der Waals surface area contributed by atoms with Gasteiger partial charge in [0.2, 0.25) is 10.0 Å². The minimum atomic E-state index is -3.66. The van der Waals surface area contributed by atoms with E-state index in [2.05, 4.69) is 19.4 Å². The summed E-state index contributed by atoms with van der Waals surface area (Å²) in [5.41, 5.74) is 1.74. The Labute approximate surface area is 116 Å². The van der Waals surface area contributed by atoms with Crippen molar-refractivity contribution in [3.63, 3.8) is 0 Å². The topological polar surface area (TPSA) is 101 Å². The summed E-state index contributed by atoms with van der Waals surface area (Å²) in [4.78, 5) is 18.3. The second-order valence-electron chi connectivity index (χ2n) is 4.18. The Hall–Kier alpha value is -1.93. The van der Waals surface area contributed by atoms with E-state index in [4.69, 9.17) is 0 Å². The monoisotopic (exact) mass is 297 g/mol. The van der Waals surface area contributed by atoms with Gasteiger partial charge in [0, 0.05) is 13.0 Å². The van der Waals surface area contributed by atoms with Crippen LogP contribution in [0.2, 0.25) is 0 Å². The minimum Gasteiger partial charge on any atom is -0.468 e. The molecule has 20 heavy (non-hydrogen) atoms. The predicted molar refractivity (Wildman–Crippen MR) is 73.6 cm³/mol. The SMILES string of the molecule is COC(=O)CS(=O)(=O)NCCc1nc2ccccc2[nH]1. The number of aromatic nitrogens is 2. The minimum absolute atomic E-state index is 0.166. The lowest BCUT2D eigenvalue weighted by atomic mass is 10.3. The quantitative estimate of drug-likeness (QED) is 0.742. The van der Waals surface area contributed by atoms with Crippen LogP contribution in [-0.4, -0.2) is 43.8 Å². The Balaban J connectivity index is 1.91. The number of benzene rings is 1. The fourth-order valence-electron chi connectivity index (χ4n) is 1.71. The van der Waals surface area contributed by atoms with E-state index in [0.717, 1.165) is 18.1 Å². The molecule has 0 aliphatic heterocycles. The van der Waals surface area contributed by atoms with Crippen molar-refractivity contribution in [3.8, 4) is 0 Å². The van der Waals surface area contributed by atoms with Gasteiger partial charge in [-0.25, -0.2) is 18.1 Å². The van der Waals surface area contributed by atoms with Gasteiger partial charge in [-0.05, 0) is 12.1 Å². The predicted octanol–water partition coefficient (Wildman–Crippen LogP) is 0.198. The number of nitrogens with one attached hydrogen (secondary N) is 2. The zero-order valence-electron chi connectivity index (χ0n) is 10.9. The van der Waals surface area contributed by atoms with Crippen molar-refractivity contribution >= 4 is 27.0 Å². The second kappa shape index (κ2) is 6.02. The summed E-state index contributed by atoms with van der Waals surface area (Å²) < 4.78 is 29.7. The van der Waals surface area contributed by atoms with Crippen LogP contribution >= 0.6 is 0 Å². The molecule has 1 aromatic heterocycles. The number of carbonyl (C=O) groups is 1. The Morgan fingerprint density at radius 1 is 1.40 bits per heavy atom. The lowest BCUT2D eigenvalue weighted by molar-refractivity contribution is -0.137. The molecule has 2 rings (SSSR count). The van der Waals surface area contributed by atoms with Gasteiger partial charge in [-0.3, -0.25) is 4.79 Å². The summed E-state index contributed by atoms with van der Waals surface area (Å²) >= 11 is 0. The van der Waals surface area contributed by atoms with Crippen molar-refractivity contribution in [1.82, 2.24) is 14.7 Å². The molecule has 0 saturated carbocycles. The molecule has 108 valence electrons. The number of ether oxygens (including phenoxy) is 1. The summed E-state index contributed by atoms with van der Waals surface area (Å²) in [6, 6.07) is 7.54. The number of imidazole rings is 1. The van der Waals surface area contributed by atoms with E-state index in [0.29, 0.717) is 12.2 Å². The molecule has 2 N–H and O–H groups in total. The molecule has 0 unspecified atom stereocenters. The maximum absolute atomic E-state index is 11.5. The highest BCUT2D eigenvalue weighted by Crippen LogP contribution is 2.10. The molecule has 0 saturated heterocycles. The summed E-state index contributed by atoms with van der Waals surface area (Å²) in [7, 11) is -2.51. The van der Waals surface area contributed by atoms with Crippen LogP contribution in [0, 0.1) is 0 Å². The smallest absolute Gasteiger partial charge is 0.322 e. The number of methoxy groups -OCH3 is 1. The molecular weight excluding hydrogens is 282 g/mol. The molecule has 1 heterocycles. The molecule has 0 atom stereocenters. The summed E-state index contributed by atoms with van der Waals surface area (Å²) in [6.45, 7) is 0.166. The third kappa shape index (κ3) is 3.78. The number of para-hydroxylation sites is 2. The van der Waals surface area contributed by atoms with Crippen molar-refractivity contribution in [1.29, 1.82) is 0 Å². The third-order valence-corrected chi connectivity index (χ3v) is 3.92. The maximum Gasteiger partial charge on any atom is 0.322 e. The van der Waals surface area contributed by atoms with Gasteiger partial charge in [0.1, 0.15) is 5.82 Å². The van der Waals surface area contributed by atoms with Gasteiger partial charge in [0.15, 0.2) is 5.75 Å². The molecule has 0 aliphatic carbocycles. The second-order valence-corrected chi connectivity index (χ2v) is 5.99. The molecule has 0 radical (unpaired) electrons. The molecule has 0 bridgehead atoms. The number of sulfonamides is 1. The highest BCUT2D eigenvalue weighted by molar-refractivity contribution is 7.90. The van der Waals surface area contributed by atoms with E-state index >= 15 is 0 Å². The zero-order valence-corrected chi connectivity index (χ0v) is 11.7. The third-order valence-electron chi connectivity index (χ3n) is 2.66. The lowest BCUT2D eigenvalue weighted by Crippen LogP contribution is -2.32. The van der Waals surface area contributed by atoms with Crippen molar-refractivity contribution in [2.45, 2.75) is 6.42 Å². The Morgan fingerprint density at radius 3 is 2.85 bits per heavy atom. The van der Waals surface area contributed by atoms with Crippen molar-refractivity contribution in [2.24, 2.45) is 0 Å². The van der Waals surface area contributed by atoms with Crippen molar-refractivity contribution < 1.29 is 17.9 Å². The molecule has 0 fully saturated rings. The normalized spacial score (nSPS) is 11.7. The van der Waals surface area contributed by atoms with Crippen LogP contribution in [0.3, 0.4) is 0 Å². The number of hydrogen-bond donors (Lipinski definition) is 2. The van der Waals surface area contributed by atoms with E-state index in [1.807, 2.05) is 24.3 Å².